The first kappa shape index (κ1) is 28.9. The molecule has 2 N–H and O–H groups in total. The minimum absolute atomic E-state index is 0.0367. The molecule has 3 aromatic rings. The predicted molar refractivity (Wildman–Crippen MR) is 154 cm³/mol. The molecule has 7 nitrogen and oxygen atoms in total. The van der Waals surface area contributed by atoms with Crippen LogP contribution in [0.5, 0.6) is 5.75 Å². The molecule has 3 atom stereocenters. The number of anilines is 1. The first-order valence-electron chi connectivity index (χ1n) is 13.1. The topological polar surface area (TPSA) is 93.7 Å². The molecule has 5 rings (SSSR count). The molecule has 214 valence electrons. The van der Waals surface area contributed by atoms with Crippen LogP contribution >= 0.6 is 23.2 Å². The molecular formula is C31H29Cl2FN2O5. The number of hydrogen-bond donors (Lipinski definition) is 2. The maximum absolute atomic E-state index is 14.7. The van der Waals surface area contributed by atoms with Crippen LogP contribution in [0.25, 0.3) is 0 Å². The number of carbonyl (C=O) groups excluding carboxylic acids is 3. The fourth-order valence-corrected chi connectivity index (χ4v) is 6.31. The molecular weight excluding hydrogens is 570 g/mol. The average Bonchev–Trinajstić information content (AvgIpc) is 3.20. The van der Waals surface area contributed by atoms with E-state index in [2.05, 4.69) is 10.6 Å². The monoisotopic (exact) mass is 598 g/mol. The van der Waals surface area contributed by atoms with Crippen molar-refractivity contribution in [3.63, 3.8) is 0 Å². The number of ether oxygens (including phenoxy) is 2. The zero-order chi connectivity index (χ0) is 29.7. The highest BCUT2D eigenvalue weighted by Crippen LogP contribution is 2.59. The molecule has 0 radical (unpaired) electrons. The number of amides is 2. The van der Waals surface area contributed by atoms with Gasteiger partial charge in [-0.3, -0.25) is 14.4 Å². The van der Waals surface area contributed by atoms with Crippen molar-refractivity contribution < 1.29 is 28.2 Å². The van der Waals surface area contributed by atoms with Crippen LogP contribution in [-0.4, -0.2) is 31.5 Å². The van der Waals surface area contributed by atoms with E-state index in [4.69, 9.17) is 32.7 Å². The van der Waals surface area contributed by atoms with Crippen LogP contribution in [0.1, 0.15) is 54.5 Å². The van der Waals surface area contributed by atoms with Gasteiger partial charge in [0.1, 0.15) is 23.6 Å². The van der Waals surface area contributed by atoms with Crippen LogP contribution in [0.3, 0.4) is 0 Å². The number of nitrogens with one attached hydrogen (secondary N) is 2. The van der Waals surface area contributed by atoms with E-state index in [0.29, 0.717) is 43.7 Å². The van der Waals surface area contributed by atoms with Crippen LogP contribution in [0.2, 0.25) is 10.0 Å². The highest BCUT2D eigenvalue weighted by atomic mass is 35.5. The summed E-state index contributed by atoms with van der Waals surface area (Å²) in [6.45, 7) is 5.15. The second-order valence-electron chi connectivity index (χ2n) is 11.1. The van der Waals surface area contributed by atoms with Gasteiger partial charge in [-0.25, -0.2) is 4.39 Å². The molecule has 1 saturated heterocycles. The van der Waals surface area contributed by atoms with E-state index in [9.17, 15) is 18.8 Å². The molecule has 0 aliphatic carbocycles. The van der Waals surface area contributed by atoms with E-state index in [1.54, 1.807) is 63.2 Å². The van der Waals surface area contributed by atoms with Crippen molar-refractivity contribution in [3.05, 3.63) is 92.7 Å². The highest BCUT2D eigenvalue weighted by Gasteiger charge is 2.62. The number of methoxy groups -OCH3 is 1. The summed E-state index contributed by atoms with van der Waals surface area (Å²) in [5, 5.41) is 6.75. The summed E-state index contributed by atoms with van der Waals surface area (Å²) in [5.74, 6) is -2.09. The maximum Gasteiger partial charge on any atom is 0.314 e. The van der Waals surface area contributed by atoms with Crippen LogP contribution < -0.4 is 15.4 Å². The average molecular weight is 599 g/mol. The van der Waals surface area contributed by atoms with Crippen LogP contribution in [0, 0.1) is 18.2 Å². The Hall–Kier alpha value is -3.62. The lowest BCUT2D eigenvalue weighted by atomic mass is 9.59. The van der Waals surface area contributed by atoms with E-state index in [-0.39, 0.29) is 24.8 Å². The Kier molecular flexibility index (Phi) is 7.51. The summed E-state index contributed by atoms with van der Waals surface area (Å²) in [6.07, 6.45) is -0.0859. The number of benzene rings is 3. The molecule has 1 fully saturated rings. The standard InChI is InChI=1S/C31H29Cl2FN2O5/c1-16-5-8-19(34)13-20(16)27-31(22-9-6-18(33)12-24(22)35-28(31)38)23(14-26(37)36-27)21-11-17(32)7-10-25(21)41-15-30(2,3)29(39)40-4/h5-13,23,27H,14-15H2,1-4H3,(H,35,38)(H,36,37)/t23-,27+,31-/m1/s1. The third-order valence-corrected chi connectivity index (χ3v) is 8.45. The van der Waals surface area contributed by atoms with Crippen molar-refractivity contribution in [3.8, 4) is 5.75 Å². The van der Waals surface area contributed by atoms with Gasteiger partial charge >= 0.3 is 5.97 Å². The van der Waals surface area contributed by atoms with Gasteiger partial charge in [-0.15, -0.1) is 0 Å². The highest BCUT2D eigenvalue weighted by molar-refractivity contribution is 6.31. The molecule has 0 aromatic heterocycles. The molecule has 1 spiro atoms. The van der Waals surface area contributed by atoms with Crippen molar-refractivity contribution in [1.82, 2.24) is 5.32 Å². The Bertz CT molecular complexity index is 1580. The zero-order valence-corrected chi connectivity index (χ0v) is 24.5. The van der Waals surface area contributed by atoms with Crippen molar-refractivity contribution in [2.24, 2.45) is 5.41 Å². The van der Waals surface area contributed by atoms with Gasteiger partial charge in [-0.1, -0.05) is 35.3 Å². The predicted octanol–water partition coefficient (Wildman–Crippen LogP) is 6.25. The molecule has 2 aliphatic rings. The third kappa shape index (κ3) is 4.93. The molecule has 2 aliphatic heterocycles. The van der Waals surface area contributed by atoms with E-state index < -0.39 is 34.6 Å². The number of aryl methyl sites for hydroxylation is 1. The lowest BCUT2D eigenvalue weighted by molar-refractivity contribution is -0.152. The fourth-order valence-electron chi connectivity index (χ4n) is 5.96. The summed E-state index contributed by atoms with van der Waals surface area (Å²) < 4.78 is 25.8. The molecule has 2 amide bonds. The van der Waals surface area contributed by atoms with Gasteiger partial charge in [0.2, 0.25) is 11.8 Å². The lowest BCUT2D eigenvalue weighted by Gasteiger charge is -2.47. The quantitative estimate of drug-likeness (QED) is 0.327. The maximum atomic E-state index is 14.7. The zero-order valence-electron chi connectivity index (χ0n) is 22.9. The van der Waals surface area contributed by atoms with Crippen LogP contribution in [-0.2, 0) is 24.5 Å². The van der Waals surface area contributed by atoms with Crippen molar-refractivity contribution in [2.75, 3.05) is 19.0 Å². The summed E-state index contributed by atoms with van der Waals surface area (Å²) in [4.78, 5) is 40.0. The summed E-state index contributed by atoms with van der Waals surface area (Å²) in [5.41, 5.74) is 0.373. The molecule has 2 heterocycles. The molecule has 0 unspecified atom stereocenters. The molecule has 3 aromatic carbocycles. The van der Waals surface area contributed by atoms with Crippen LogP contribution in [0.15, 0.2) is 54.6 Å². The number of halogens is 3. The van der Waals surface area contributed by atoms with Crippen LogP contribution in [0.4, 0.5) is 10.1 Å². The molecule has 10 heteroatoms. The van der Waals surface area contributed by atoms with Gasteiger partial charge in [0.15, 0.2) is 0 Å². The Morgan fingerprint density at radius 2 is 1.76 bits per heavy atom. The Morgan fingerprint density at radius 1 is 1.05 bits per heavy atom. The minimum Gasteiger partial charge on any atom is -0.492 e. The molecule has 0 bridgehead atoms. The summed E-state index contributed by atoms with van der Waals surface area (Å²) in [7, 11) is 1.30. The number of fused-ring (bicyclic) bond motifs is 2. The van der Waals surface area contributed by atoms with E-state index in [1.165, 1.54) is 19.2 Å². The summed E-state index contributed by atoms with van der Waals surface area (Å²) >= 11 is 12.8. The first-order chi connectivity index (χ1) is 19.4. The molecule has 0 saturated carbocycles. The van der Waals surface area contributed by atoms with Crippen molar-refractivity contribution in [2.45, 2.75) is 44.6 Å². The van der Waals surface area contributed by atoms with Gasteiger partial charge in [0.05, 0.1) is 18.6 Å². The largest absolute Gasteiger partial charge is 0.492 e. The second kappa shape index (κ2) is 10.7. The fraction of sp³-hybridized carbons (Fsp3) is 0.323. The Labute approximate surface area is 247 Å². The van der Waals surface area contributed by atoms with Gasteiger partial charge < -0.3 is 20.1 Å². The first-order valence-corrected chi connectivity index (χ1v) is 13.8. The SMILES string of the molecule is COC(=O)C(C)(C)COc1ccc(Cl)cc1[C@H]1CC(=O)N[C@@H](c2cc(F)ccc2C)[C@]12C(=O)Nc1cc(Cl)ccc12. The van der Waals surface area contributed by atoms with Gasteiger partial charge in [0, 0.05) is 33.6 Å². The normalized spacial score (nSPS) is 21.7. The van der Waals surface area contributed by atoms with Crippen molar-refractivity contribution >= 4 is 46.7 Å². The van der Waals surface area contributed by atoms with Crippen molar-refractivity contribution in [1.29, 1.82) is 0 Å². The third-order valence-electron chi connectivity index (χ3n) is 7.98. The van der Waals surface area contributed by atoms with Gasteiger partial charge in [-0.05, 0) is 79.9 Å². The smallest absolute Gasteiger partial charge is 0.314 e. The number of piperidine rings is 1. The summed E-state index contributed by atoms with van der Waals surface area (Å²) in [6, 6.07) is 13.4. The van der Waals surface area contributed by atoms with E-state index >= 15 is 0 Å². The van der Waals surface area contributed by atoms with Gasteiger partial charge in [0.25, 0.3) is 0 Å². The minimum atomic E-state index is -1.42. The lowest BCUT2D eigenvalue weighted by Crippen LogP contribution is -2.57. The Morgan fingerprint density at radius 3 is 2.49 bits per heavy atom. The Balaban J connectivity index is 1.75. The number of esters is 1. The van der Waals surface area contributed by atoms with Gasteiger partial charge in [-0.2, -0.15) is 0 Å². The number of hydrogen-bond acceptors (Lipinski definition) is 5. The molecule has 41 heavy (non-hydrogen) atoms. The van der Waals surface area contributed by atoms with E-state index in [1.807, 2.05) is 0 Å². The number of rotatable bonds is 6. The second-order valence-corrected chi connectivity index (χ2v) is 12.0. The van der Waals surface area contributed by atoms with E-state index in [0.717, 1.165) is 0 Å². The number of carbonyl (C=O) groups is 3.